The zero-order chi connectivity index (χ0) is 5.82. The molecule has 0 aliphatic heterocycles. The summed E-state index contributed by atoms with van der Waals surface area (Å²) in [4.78, 5) is 5.17. The van der Waals surface area contributed by atoms with Crippen molar-refractivity contribution >= 4 is 11.3 Å². The van der Waals surface area contributed by atoms with Gasteiger partial charge in [0.15, 0.2) is 5.51 Å². The predicted molar refractivity (Wildman–Crippen MR) is 34.9 cm³/mol. The monoisotopic (exact) mass is 126 g/mol. The average molecular weight is 126 g/mol. The maximum Gasteiger partial charge on any atom is 0.152 e. The van der Waals surface area contributed by atoms with Crippen LogP contribution in [0.15, 0.2) is 6.20 Å². The van der Waals surface area contributed by atoms with Gasteiger partial charge in [0.1, 0.15) is 0 Å². The van der Waals surface area contributed by atoms with Crippen molar-refractivity contribution in [3.8, 4) is 0 Å². The molecule has 43 valence electrons. The molecule has 0 aliphatic carbocycles. The summed E-state index contributed by atoms with van der Waals surface area (Å²) in [6.07, 6.45) is 4.24. The molecule has 0 aromatic carbocycles. The summed E-state index contributed by atoms with van der Waals surface area (Å²) in [6, 6.07) is 0. The molecule has 0 atom stereocenters. The highest BCUT2D eigenvalue weighted by Gasteiger charge is 1.89. The maximum absolute atomic E-state index is 3.83. The normalized spacial score (nSPS) is 9.62. The van der Waals surface area contributed by atoms with Crippen molar-refractivity contribution in [2.45, 2.75) is 19.8 Å². The first kappa shape index (κ1) is 5.76. The van der Waals surface area contributed by atoms with Crippen molar-refractivity contribution in [3.05, 3.63) is 16.6 Å². The standard InChI is InChI=1S/C6H8NS/c1-2-3-6-4-7-5-8-6/h4H,2-3H2,1H3. The topological polar surface area (TPSA) is 12.9 Å². The molecule has 1 rings (SSSR count). The molecule has 1 aromatic rings. The predicted octanol–water partition coefficient (Wildman–Crippen LogP) is 1.90. The molecule has 0 unspecified atom stereocenters. The molecule has 0 aliphatic rings. The quantitative estimate of drug-likeness (QED) is 0.589. The lowest BCUT2D eigenvalue weighted by molar-refractivity contribution is 0.936. The van der Waals surface area contributed by atoms with Gasteiger partial charge in [0, 0.05) is 11.1 Å². The number of hydrogen-bond acceptors (Lipinski definition) is 2. The van der Waals surface area contributed by atoms with Gasteiger partial charge in [0.25, 0.3) is 0 Å². The van der Waals surface area contributed by atoms with Gasteiger partial charge in [-0.1, -0.05) is 13.3 Å². The van der Waals surface area contributed by atoms with Crippen LogP contribution < -0.4 is 0 Å². The number of aromatic nitrogens is 1. The van der Waals surface area contributed by atoms with E-state index >= 15 is 0 Å². The van der Waals surface area contributed by atoms with E-state index in [0.717, 1.165) is 6.42 Å². The van der Waals surface area contributed by atoms with E-state index in [-0.39, 0.29) is 0 Å². The molecule has 0 amide bonds. The third-order valence-corrected chi connectivity index (χ3v) is 1.70. The molecule has 8 heavy (non-hydrogen) atoms. The first-order valence-corrected chi connectivity index (χ1v) is 3.56. The Kier molecular flexibility index (Phi) is 2.03. The zero-order valence-corrected chi connectivity index (χ0v) is 5.66. The molecule has 2 heteroatoms. The summed E-state index contributed by atoms with van der Waals surface area (Å²) >= 11 is 1.61. The number of nitrogens with zero attached hydrogens (tertiary/aromatic N) is 1. The van der Waals surface area contributed by atoms with Gasteiger partial charge in [-0.05, 0) is 6.42 Å². The molecule has 1 aromatic heterocycles. The highest BCUT2D eigenvalue weighted by atomic mass is 32.1. The summed E-state index contributed by atoms with van der Waals surface area (Å²) in [5, 5.41) is 0. The van der Waals surface area contributed by atoms with Gasteiger partial charge in [0.2, 0.25) is 0 Å². The van der Waals surface area contributed by atoms with Crippen LogP contribution in [0, 0.1) is 5.51 Å². The SMILES string of the molecule is CCCc1cn[c]s1. The Bertz CT molecular complexity index is 134. The average Bonchev–Trinajstić information content (AvgIpc) is 2.19. The van der Waals surface area contributed by atoms with Crippen LogP contribution in [0.3, 0.4) is 0 Å². The lowest BCUT2D eigenvalue weighted by Gasteiger charge is -1.84. The van der Waals surface area contributed by atoms with Crippen molar-refractivity contribution in [1.29, 1.82) is 0 Å². The number of hydrogen-bond donors (Lipinski definition) is 0. The minimum Gasteiger partial charge on any atom is -0.242 e. The van der Waals surface area contributed by atoms with Crippen molar-refractivity contribution in [1.82, 2.24) is 4.98 Å². The number of thiazole rings is 1. The zero-order valence-electron chi connectivity index (χ0n) is 4.85. The first-order valence-electron chi connectivity index (χ1n) is 2.74. The second-order valence-corrected chi connectivity index (χ2v) is 2.58. The smallest absolute Gasteiger partial charge is 0.152 e. The first-order chi connectivity index (χ1) is 3.93. The van der Waals surface area contributed by atoms with Gasteiger partial charge in [-0.2, -0.15) is 0 Å². The van der Waals surface area contributed by atoms with E-state index in [4.69, 9.17) is 0 Å². The van der Waals surface area contributed by atoms with Crippen LogP contribution in [-0.2, 0) is 6.42 Å². The molecule has 0 spiro atoms. The number of rotatable bonds is 2. The third-order valence-electron chi connectivity index (χ3n) is 0.934. The Balaban J connectivity index is 2.50. The summed E-state index contributed by atoms with van der Waals surface area (Å²) in [7, 11) is 0. The maximum atomic E-state index is 3.83. The van der Waals surface area contributed by atoms with Crippen LogP contribution in [0.4, 0.5) is 0 Å². The summed E-state index contributed by atoms with van der Waals surface area (Å²) in [5.74, 6) is 0. The number of aryl methyl sites for hydroxylation is 1. The van der Waals surface area contributed by atoms with Gasteiger partial charge in [-0.3, -0.25) is 0 Å². The van der Waals surface area contributed by atoms with Crippen LogP contribution in [0.5, 0.6) is 0 Å². The van der Waals surface area contributed by atoms with E-state index < -0.39 is 0 Å². The second kappa shape index (κ2) is 2.82. The fraction of sp³-hybridized carbons (Fsp3) is 0.500. The van der Waals surface area contributed by atoms with Gasteiger partial charge in [0.05, 0.1) is 0 Å². The highest BCUT2D eigenvalue weighted by Crippen LogP contribution is 2.06. The third kappa shape index (κ3) is 1.30. The molecular formula is C6H8NS. The van der Waals surface area contributed by atoms with Crippen LogP contribution in [-0.4, -0.2) is 4.98 Å². The van der Waals surface area contributed by atoms with Gasteiger partial charge in [-0.15, -0.1) is 11.3 Å². The van der Waals surface area contributed by atoms with E-state index in [1.807, 2.05) is 6.20 Å². The minimum absolute atomic E-state index is 1.15. The van der Waals surface area contributed by atoms with E-state index in [9.17, 15) is 0 Å². The van der Waals surface area contributed by atoms with Crippen LogP contribution >= 0.6 is 11.3 Å². The Morgan fingerprint density at radius 1 is 1.88 bits per heavy atom. The van der Waals surface area contributed by atoms with Crippen LogP contribution in [0.25, 0.3) is 0 Å². The minimum atomic E-state index is 1.15. The lowest BCUT2D eigenvalue weighted by Crippen LogP contribution is -1.72. The van der Waals surface area contributed by atoms with Crippen molar-refractivity contribution < 1.29 is 0 Å². The Morgan fingerprint density at radius 2 is 2.75 bits per heavy atom. The van der Waals surface area contributed by atoms with Crippen LogP contribution in [0.2, 0.25) is 0 Å². The molecule has 1 radical (unpaired) electrons. The van der Waals surface area contributed by atoms with Gasteiger partial charge >= 0.3 is 0 Å². The fourth-order valence-corrected chi connectivity index (χ4v) is 1.21. The Morgan fingerprint density at radius 3 is 3.25 bits per heavy atom. The van der Waals surface area contributed by atoms with Gasteiger partial charge in [-0.25, -0.2) is 4.98 Å². The highest BCUT2D eigenvalue weighted by molar-refractivity contribution is 7.09. The van der Waals surface area contributed by atoms with Crippen molar-refractivity contribution in [2.75, 3.05) is 0 Å². The van der Waals surface area contributed by atoms with E-state index in [0.29, 0.717) is 0 Å². The van der Waals surface area contributed by atoms with E-state index in [1.165, 1.54) is 11.3 Å². The molecular weight excluding hydrogens is 118 g/mol. The fourth-order valence-electron chi connectivity index (χ4n) is 0.572. The molecule has 0 N–H and O–H groups in total. The summed E-state index contributed by atoms with van der Waals surface area (Å²) < 4.78 is 0. The van der Waals surface area contributed by atoms with E-state index in [1.54, 1.807) is 11.3 Å². The van der Waals surface area contributed by atoms with Crippen LogP contribution in [0.1, 0.15) is 18.2 Å². The molecule has 1 heterocycles. The Hall–Kier alpha value is -0.370. The summed E-state index contributed by atoms with van der Waals surface area (Å²) in [5.41, 5.74) is 2.81. The van der Waals surface area contributed by atoms with Crippen molar-refractivity contribution in [2.24, 2.45) is 0 Å². The van der Waals surface area contributed by atoms with E-state index in [2.05, 4.69) is 17.4 Å². The second-order valence-electron chi connectivity index (χ2n) is 1.67. The van der Waals surface area contributed by atoms with Gasteiger partial charge < -0.3 is 0 Å². The molecule has 0 fully saturated rings. The Labute approximate surface area is 53.4 Å². The molecule has 0 saturated carbocycles. The lowest BCUT2D eigenvalue weighted by atomic mass is 10.3. The summed E-state index contributed by atoms with van der Waals surface area (Å²) in [6.45, 7) is 2.17. The molecule has 0 saturated heterocycles. The molecule has 0 bridgehead atoms. The van der Waals surface area contributed by atoms with Crippen molar-refractivity contribution in [3.63, 3.8) is 0 Å². The largest absolute Gasteiger partial charge is 0.242 e. The molecule has 1 nitrogen and oxygen atoms in total.